The number of hydrogen-bond acceptors (Lipinski definition) is 3. The lowest BCUT2D eigenvalue weighted by atomic mass is 9.90. The van der Waals surface area contributed by atoms with Gasteiger partial charge in [-0.3, -0.25) is 9.48 Å². The summed E-state index contributed by atoms with van der Waals surface area (Å²) in [5, 5.41) is 13.4. The van der Waals surface area contributed by atoms with Gasteiger partial charge in [-0.05, 0) is 48.1 Å². The zero-order chi connectivity index (χ0) is 22.5. The van der Waals surface area contributed by atoms with E-state index in [0.29, 0.717) is 36.4 Å². The predicted molar refractivity (Wildman–Crippen MR) is 105 cm³/mol. The van der Waals surface area contributed by atoms with Crippen LogP contribution in [0.4, 0.5) is 18.0 Å². The van der Waals surface area contributed by atoms with Crippen molar-refractivity contribution in [3.8, 4) is 0 Å². The second kappa shape index (κ2) is 7.74. The highest BCUT2D eigenvalue weighted by molar-refractivity contribution is 6.30. The third-order valence-corrected chi connectivity index (χ3v) is 6.03. The molecule has 166 valence electrons. The molecule has 1 unspecified atom stereocenters. The number of likely N-dealkylation sites (tertiary alicyclic amines) is 1. The van der Waals surface area contributed by atoms with Gasteiger partial charge in [0.25, 0.3) is 5.91 Å². The summed E-state index contributed by atoms with van der Waals surface area (Å²) < 4.78 is 41.0. The Morgan fingerprint density at radius 1 is 1.26 bits per heavy atom. The lowest BCUT2D eigenvalue weighted by Gasteiger charge is -2.33. The molecule has 0 spiro atoms. The smallest absolute Gasteiger partial charge is 0.435 e. The van der Waals surface area contributed by atoms with Crippen LogP contribution in [0.15, 0.2) is 18.3 Å². The number of halogens is 4. The van der Waals surface area contributed by atoms with Crippen LogP contribution in [0.25, 0.3) is 0 Å². The monoisotopic (exact) mass is 456 g/mol. The van der Waals surface area contributed by atoms with Crippen LogP contribution in [0.5, 0.6) is 0 Å². The van der Waals surface area contributed by atoms with Crippen molar-refractivity contribution < 1.29 is 27.9 Å². The van der Waals surface area contributed by atoms with Gasteiger partial charge in [-0.25, -0.2) is 4.79 Å². The molecule has 7 nitrogen and oxygen atoms in total. The summed E-state index contributed by atoms with van der Waals surface area (Å²) >= 11 is 6.27. The first-order chi connectivity index (χ1) is 14.6. The molecule has 31 heavy (non-hydrogen) atoms. The van der Waals surface area contributed by atoms with E-state index in [0.717, 1.165) is 22.0 Å². The van der Waals surface area contributed by atoms with Gasteiger partial charge < -0.3 is 14.9 Å². The molecule has 1 aromatic carbocycles. The Kier molecular flexibility index (Phi) is 5.36. The fraction of sp³-hybridized carbons (Fsp3) is 0.450. The molecule has 3 heterocycles. The maximum atomic E-state index is 13.3. The van der Waals surface area contributed by atoms with Gasteiger partial charge in [0.1, 0.15) is 0 Å². The fourth-order valence-corrected chi connectivity index (χ4v) is 4.72. The summed E-state index contributed by atoms with van der Waals surface area (Å²) in [5.41, 5.74) is 0.629. The number of aryl methyl sites for hydroxylation is 1. The average Bonchev–Trinajstić information content (AvgIpc) is 3.33. The first-order valence-corrected chi connectivity index (χ1v) is 10.1. The highest BCUT2D eigenvalue weighted by Crippen LogP contribution is 2.39. The molecule has 11 heteroatoms. The van der Waals surface area contributed by atoms with Crippen molar-refractivity contribution in [1.82, 2.24) is 19.6 Å². The van der Waals surface area contributed by atoms with Crippen molar-refractivity contribution in [2.24, 2.45) is 7.05 Å². The summed E-state index contributed by atoms with van der Waals surface area (Å²) in [5.74, 6) is -0.756. The summed E-state index contributed by atoms with van der Waals surface area (Å²) in [6.07, 6.45) is -2.97. The average molecular weight is 457 g/mol. The molecule has 1 saturated heterocycles. The van der Waals surface area contributed by atoms with Crippen molar-refractivity contribution in [3.63, 3.8) is 0 Å². The van der Waals surface area contributed by atoms with E-state index in [1.807, 2.05) is 0 Å². The Morgan fingerprint density at radius 2 is 2.00 bits per heavy atom. The number of nitrogens with zero attached hydrogens (tertiary/aromatic N) is 4. The van der Waals surface area contributed by atoms with Crippen molar-refractivity contribution in [3.05, 3.63) is 51.3 Å². The normalized spacial score (nSPS) is 18.9. The van der Waals surface area contributed by atoms with Crippen LogP contribution in [0.3, 0.4) is 0 Å². The van der Waals surface area contributed by atoms with Crippen molar-refractivity contribution >= 4 is 23.6 Å². The van der Waals surface area contributed by atoms with Crippen LogP contribution in [0.2, 0.25) is 5.02 Å². The molecule has 1 fully saturated rings. The lowest BCUT2D eigenvalue weighted by Crippen LogP contribution is -2.38. The Balaban J connectivity index is 1.69. The first kappa shape index (κ1) is 21.5. The second-order valence-electron chi connectivity index (χ2n) is 7.81. The van der Waals surface area contributed by atoms with Crippen LogP contribution >= 0.6 is 11.6 Å². The zero-order valence-electron chi connectivity index (χ0n) is 16.6. The van der Waals surface area contributed by atoms with Gasteiger partial charge in [-0.2, -0.15) is 18.3 Å². The van der Waals surface area contributed by atoms with Crippen molar-refractivity contribution in [2.45, 2.75) is 38.0 Å². The largest absolute Gasteiger partial charge is 0.465 e. The number of aromatic nitrogens is 2. The molecule has 4 rings (SSSR count). The molecule has 0 aliphatic carbocycles. The maximum absolute atomic E-state index is 13.3. The number of alkyl halides is 3. The van der Waals surface area contributed by atoms with E-state index in [2.05, 4.69) is 5.10 Å². The van der Waals surface area contributed by atoms with Gasteiger partial charge in [0, 0.05) is 37.9 Å². The molecule has 2 aliphatic rings. The quantitative estimate of drug-likeness (QED) is 0.737. The van der Waals surface area contributed by atoms with Gasteiger partial charge in [-0.1, -0.05) is 11.6 Å². The number of carbonyl (C=O) groups excluding carboxylic acids is 1. The summed E-state index contributed by atoms with van der Waals surface area (Å²) in [7, 11) is 1.33. The van der Waals surface area contributed by atoms with Crippen LogP contribution in [0.1, 0.15) is 51.6 Å². The number of hydrogen-bond donors (Lipinski definition) is 1. The number of carboxylic acid groups (broad SMARTS) is 1. The minimum Gasteiger partial charge on any atom is -0.465 e. The zero-order valence-corrected chi connectivity index (χ0v) is 17.4. The Bertz CT molecular complexity index is 1050. The van der Waals surface area contributed by atoms with Crippen molar-refractivity contribution in [2.75, 3.05) is 13.1 Å². The van der Waals surface area contributed by atoms with Crippen molar-refractivity contribution in [1.29, 1.82) is 0 Å². The van der Waals surface area contributed by atoms with Gasteiger partial charge >= 0.3 is 12.3 Å². The van der Waals surface area contributed by atoms with Crippen LogP contribution in [-0.2, 0) is 26.2 Å². The van der Waals surface area contributed by atoms with Crippen LogP contribution in [0, 0.1) is 0 Å². The molecule has 1 atom stereocenters. The minimum absolute atomic E-state index is 0.0802. The Labute approximate surface area is 181 Å². The molecule has 1 aromatic heterocycles. The standard InChI is InChI=1S/C20H20ClF3N4O3/c1-26-9-15(17(25-26)20(22,23)24)18(29)27-6-4-11-7-12(21)8-13(14(11)10-27)16-3-2-5-28(16)19(30)31/h7-9,16H,2-6,10H2,1H3,(H,30,31). The number of carbonyl (C=O) groups is 2. The van der Waals surface area contributed by atoms with Gasteiger partial charge in [-0.15, -0.1) is 0 Å². The van der Waals surface area contributed by atoms with E-state index >= 15 is 0 Å². The molecule has 0 radical (unpaired) electrons. The maximum Gasteiger partial charge on any atom is 0.435 e. The first-order valence-electron chi connectivity index (χ1n) is 9.77. The van der Waals surface area contributed by atoms with E-state index in [-0.39, 0.29) is 13.1 Å². The summed E-state index contributed by atoms with van der Waals surface area (Å²) in [4.78, 5) is 27.3. The number of fused-ring (bicyclic) bond motifs is 1. The number of benzene rings is 1. The molecule has 1 N–H and O–H groups in total. The lowest BCUT2D eigenvalue weighted by molar-refractivity contribution is -0.141. The van der Waals surface area contributed by atoms with Crippen LogP contribution < -0.4 is 0 Å². The van der Waals surface area contributed by atoms with E-state index in [1.165, 1.54) is 16.8 Å². The SMILES string of the molecule is Cn1cc(C(=O)N2CCc3cc(Cl)cc(C4CCCN4C(=O)O)c3C2)c(C(F)(F)F)n1. The van der Waals surface area contributed by atoms with Crippen LogP contribution in [-0.4, -0.2) is 49.8 Å². The highest BCUT2D eigenvalue weighted by Gasteiger charge is 2.41. The van der Waals surface area contributed by atoms with E-state index in [4.69, 9.17) is 11.6 Å². The summed E-state index contributed by atoms with van der Waals surface area (Å²) in [6.45, 7) is 0.705. The Morgan fingerprint density at radius 3 is 2.68 bits per heavy atom. The van der Waals surface area contributed by atoms with E-state index in [9.17, 15) is 27.9 Å². The topological polar surface area (TPSA) is 78.7 Å². The second-order valence-corrected chi connectivity index (χ2v) is 8.24. The Hall–Kier alpha value is -2.75. The van der Waals surface area contributed by atoms with Gasteiger partial charge in [0.05, 0.1) is 11.6 Å². The van der Waals surface area contributed by atoms with Gasteiger partial charge in [0.15, 0.2) is 5.69 Å². The fourth-order valence-electron chi connectivity index (χ4n) is 4.47. The number of amides is 2. The molecule has 0 bridgehead atoms. The minimum atomic E-state index is -4.75. The van der Waals surface area contributed by atoms with E-state index in [1.54, 1.807) is 12.1 Å². The molecule has 2 amide bonds. The molecule has 2 aromatic rings. The van der Waals surface area contributed by atoms with Gasteiger partial charge in [0.2, 0.25) is 0 Å². The van der Waals surface area contributed by atoms with E-state index < -0.39 is 35.5 Å². The molecule has 0 saturated carbocycles. The molecule has 2 aliphatic heterocycles. The molecular formula is C20H20ClF3N4O3. The third-order valence-electron chi connectivity index (χ3n) is 5.81. The molecular weight excluding hydrogens is 437 g/mol. The predicted octanol–water partition coefficient (Wildman–Crippen LogP) is 4.11. The summed E-state index contributed by atoms with van der Waals surface area (Å²) in [6, 6.07) is 3.07. The number of rotatable bonds is 2. The third kappa shape index (κ3) is 3.96. The highest BCUT2D eigenvalue weighted by atomic mass is 35.5.